The van der Waals surface area contributed by atoms with E-state index in [0.29, 0.717) is 23.3 Å². The Kier molecular flexibility index (Phi) is 5.99. The van der Waals surface area contributed by atoms with Crippen LogP contribution in [0.2, 0.25) is 5.02 Å². The van der Waals surface area contributed by atoms with Gasteiger partial charge in [-0.15, -0.1) is 10.2 Å². The fourth-order valence-electron chi connectivity index (χ4n) is 2.52. The van der Waals surface area contributed by atoms with E-state index in [-0.39, 0.29) is 0 Å². The third kappa shape index (κ3) is 4.75. The zero-order valence-electron chi connectivity index (χ0n) is 13.0. The molecular formula is C16H21ClN4O2. The molecule has 1 saturated heterocycles. The van der Waals surface area contributed by atoms with Gasteiger partial charge in [-0.25, -0.2) is 0 Å². The Morgan fingerprint density at radius 3 is 2.83 bits per heavy atom. The first-order valence-corrected chi connectivity index (χ1v) is 8.29. The smallest absolute Gasteiger partial charge is 0.249 e. The summed E-state index contributed by atoms with van der Waals surface area (Å²) in [5, 5.41) is 12.1. The summed E-state index contributed by atoms with van der Waals surface area (Å²) >= 11 is 6.13. The van der Waals surface area contributed by atoms with Crippen molar-refractivity contribution in [3.8, 4) is 11.5 Å². The van der Waals surface area contributed by atoms with Crippen LogP contribution in [0.4, 0.5) is 0 Å². The maximum Gasteiger partial charge on any atom is 0.249 e. The average Bonchev–Trinajstić information content (AvgIpc) is 3.04. The molecule has 0 radical (unpaired) electrons. The van der Waals surface area contributed by atoms with E-state index >= 15 is 0 Å². The van der Waals surface area contributed by atoms with Gasteiger partial charge in [0.15, 0.2) is 0 Å². The van der Waals surface area contributed by atoms with E-state index < -0.39 is 0 Å². The number of nitrogens with zero attached hydrogens (tertiary/aromatic N) is 3. The highest BCUT2D eigenvalue weighted by Crippen LogP contribution is 2.26. The van der Waals surface area contributed by atoms with Gasteiger partial charge in [-0.05, 0) is 31.6 Å². The fraction of sp³-hybridized carbons (Fsp3) is 0.500. The SMILES string of the molecule is Clc1ccccc1-c1nnc(CNCCCN2CCOCC2)o1. The lowest BCUT2D eigenvalue weighted by Crippen LogP contribution is -2.37. The van der Waals surface area contributed by atoms with Crippen LogP contribution in [-0.4, -0.2) is 54.5 Å². The number of morpholine rings is 1. The first kappa shape index (κ1) is 16.4. The van der Waals surface area contributed by atoms with E-state index in [1.807, 2.05) is 24.3 Å². The highest BCUT2D eigenvalue weighted by molar-refractivity contribution is 6.33. The Morgan fingerprint density at radius 1 is 1.17 bits per heavy atom. The molecule has 23 heavy (non-hydrogen) atoms. The number of benzene rings is 1. The molecule has 3 rings (SSSR count). The Labute approximate surface area is 140 Å². The van der Waals surface area contributed by atoms with Gasteiger partial charge < -0.3 is 14.5 Å². The van der Waals surface area contributed by atoms with Crippen molar-refractivity contribution in [1.82, 2.24) is 20.4 Å². The van der Waals surface area contributed by atoms with Crippen LogP contribution in [0, 0.1) is 0 Å². The predicted octanol–water partition coefficient (Wildman–Crippen LogP) is 2.20. The molecule has 2 heterocycles. The molecule has 1 aliphatic rings. The lowest BCUT2D eigenvalue weighted by molar-refractivity contribution is 0.0374. The maximum atomic E-state index is 6.13. The van der Waals surface area contributed by atoms with Gasteiger partial charge in [-0.2, -0.15) is 0 Å². The zero-order chi connectivity index (χ0) is 15.9. The Morgan fingerprint density at radius 2 is 2.00 bits per heavy atom. The molecular weight excluding hydrogens is 316 g/mol. The first-order chi connectivity index (χ1) is 11.3. The highest BCUT2D eigenvalue weighted by atomic mass is 35.5. The summed E-state index contributed by atoms with van der Waals surface area (Å²) in [6.45, 7) is 6.34. The standard InChI is InChI=1S/C16H21ClN4O2/c17-14-5-2-1-4-13(14)16-20-19-15(23-16)12-18-6-3-7-21-8-10-22-11-9-21/h1-2,4-5,18H,3,6-12H2. The van der Waals surface area contributed by atoms with Crippen LogP contribution in [0.3, 0.4) is 0 Å². The number of nitrogens with one attached hydrogen (secondary N) is 1. The predicted molar refractivity (Wildman–Crippen MR) is 88.3 cm³/mol. The Bertz CT molecular complexity index is 614. The minimum Gasteiger partial charge on any atom is -0.419 e. The van der Waals surface area contributed by atoms with E-state index in [0.717, 1.165) is 51.4 Å². The highest BCUT2D eigenvalue weighted by Gasteiger charge is 2.11. The van der Waals surface area contributed by atoms with E-state index in [1.54, 1.807) is 0 Å². The molecule has 6 nitrogen and oxygen atoms in total. The summed E-state index contributed by atoms with van der Waals surface area (Å²) in [4.78, 5) is 2.42. The van der Waals surface area contributed by atoms with Crippen LogP contribution in [-0.2, 0) is 11.3 Å². The molecule has 0 saturated carbocycles. The average molecular weight is 337 g/mol. The van der Waals surface area contributed by atoms with Crippen molar-refractivity contribution in [3.63, 3.8) is 0 Å². The van der Waals surface area contributed by atoms with Crippen molar-refractivity contribution in [3.05, 3.63) is 35.2 Å². The van der Waals surface area contributed by atoms with Crippen LogP contribution in [0.5, 0.6) is 0 Å². The molecule has 0 aliphatic carbocycles. The third-order valence-electron chi connectivity index (χ3n) is 3.78. The van der Waals surface area contributed by atoms with Gasteiger partial charge >= 0.3 is 0 Å². The number of ether oxygens (including phenoxy) is 1. The minimum atomic E-state index is 0.459. The molecule has 0 unspecified atom stereocenters. The summed E-state index contributed by atoms with van der Waals surface area (Å²) in [5.41, 5.74) is 0.764. The lowest BCUT2D eigenvalue weighted by atomic mass is 10.2. The van der Waals surface area contributed by atoms with Crippen molar-refractivity contribution < 1.29 is 9.15 Å². The van der Waals surface area contributed by atoms with Crippen LogP contribution < -0.4 is 5.32 Å². The number of rotatable bonds is 7. The van der Waals surface area contributed by atoms with E-state index in [4.69, 9.17) is 20.8 Å². The summed E-state index contributed by atoms with van der Waals surface area (Å²) in [5.74, 6) is 1.03. The Hall–Kier alpha value is -1.47. The zero-order valence-corrected chi connectivity index (χ0v) is 13.8. The van der Waals surface area contributed by atoms with Gasteiger partial charge in [-0.1, -0.05) is 23.7 Å². The van der Waals surface area contributed by atoms with E-state index in [1.165, 1.54) is 0 Å². The quantitative estimate of drug-likeness (QED) is 0.782. The van der Waals surface area contributed by atoms with Crippen LogP contribution >= 0.6 is 11.6 Å². The minimum absolute atomic E-state index is 0.459. The molecule has 1 N–H and O–H groups in total. The fourth-order valence-corrected chi connectivity index (χ4v) is 2.73. The van der Waals surface area contributed by atoms with Gasteiger partial charge in [-0.3, -0.25) is 4.90 Å². The van der Waals surface area contributed by atoms with Crippen molar-refractivity contribution in [1.29, 1.82) is 0 Å². The maximum absolute atomic E-state index is 6.13. The second-order valence-corrected chi connectivity index (χ2v) is 5.87. The summed E-state index contributed by atoms with van der Waals surface area (Å²) in [6, 6.07) is 7.45. The first-order valence-electron chi connectivity index (χ1n) is 7.91. The van der Waals surface area contributed by atoms with E-state index in [2.05, 4.69) is 20.4 Å². The normalized spacial score (nSPS) is 15.9. The van der Waals surface area contributed by atoms with E-state index in [9.17, 15) is 0 Å². The summed E-state index contributed by atoms with van der Waals surface area (Å²) < 4.78 is 11.0. The number of hydrogen-bond donors (Lipinski definition) is 1. The number of halogens is 1. The molecule has 0 amide bonds. The van der Waals surface area contributed by atoms with Gasteiger partial charge in [0.1, 0.15) is 0 Å². The molecule has 1 aliphatic heterocycles. The van der Waals surface area contributed by atoms with Gasteiger partial charge in [0.2, 0.25) is 11.8 Å². The second-order valence-electron chi connectivity index (χ2n) is 5.47. The van der Waals surface area contributed by atoms with Gasteiger partial charge in [0.25, 0.3) is 0 Å². The number of aromatic nitrogens is 2. The largest absolute Gasteiger partial charge is 0.419 e. The molecule has 1 aromatic carbocycles. The van der Waals surface area contributed by atoms with Gasteiger partial charge in [0, 0.05) is 13.1 Å². The molecule has 2 aromatic rings. The van der Waals surface area contributed by atoms with Crippen molar-refractivity contribution in [2.45, 2.75) is 13.0 Å². The summed E-state index contributed by atoms with van der Waals surface area (Å²) in [7, 11) is 0. The topological polar surface area (TPSA) is 63.4 Å². The van der Waals surface area contributed by atoms with Crippen molar-refractivity contribution >= 4 is 11.6 Å². The molecule has 0 atom stereocenters. The van der Waals surface area contributed by atoms with Crippen LogP contribution in [0.1, 0.15) is 12.3 Å². The second kappa shape index (κ2) is 8.40. The molecule has 0 bridgehead atoms. The molecule has 1 aromatic heterocycles. The van der Waals surface area contributed by atoms with Gasteiger partial charge in [0.05, 0.1) is 30.3 Å². The third-order valence-corrected chi connectivity index (χ3v) is 4.11. The molecule has 124 valence electrons. The lowest BCUT2D eigenvalue weighted by Gasteiger charge is -2.26. The monoisotopic (exact) mass is 336 g/mol. The van der Waals surface area contributed by atoms with Crippen molar-refractivity contribution in [2.24, 2.45) is 0 Å². The van der Waals surface area contributed by atoms with Crippen LogP contribution in [0.15, 0.2) is 28.7 Å². The Balaban J connectivity index is 1.40. The number of hydrogen-bond acceptors (Lipinski definition) is 6. The summed E-state index contributed by atoms with van der Waals surface area (Å²) in [6.07, 6.45) is 1.09. The molecule has 7 heteroatoms. The van der Waals surface area contributed by atoms with Crippen molar-refractivity contribution in [2.75, 3.05) is 39.4 Å². The van der Waals surface area contributed by atoms with Crippen LogP contribution in [0.25, 0.3) is 11.5 Å². The molecule has 0 spiro atoms. The molecule has 1 fully saturated rings.